The molecular weight excluding hydrogens is 232 g/mol. The predicted molar refractivity (Wildman–Crippen MR) is 63.5 cm³/mol. The molecule has 16 heavy (non-hydrogen) atoms. The van der Waals surface area contributed by atoms with Gasteiger partial charge in [-0.25, -0.2) is 4.79 Å². The van der Waals surface area contributed by atoms with Crippen LogP contribution in [0.15, 0.2) is 0 Å². The van der Waals surface area contributed by atoms with Crippen LogP contribution in [-0.2, 0) is 4.79 Å². The topological polar surface area (TPSA) is 87.5 Å². The maximum absolute atomic E-state index is 11.6. The summed E-state index contributed by atoms with van der Waals surface area (Å²) in [6.07, 6.45) is 0.900. The van der Waals surface area contributed by atoms with Crippen molar-refractivity contribution in [3.05, 3.63) is 0 Å². The van der Waals surface area contributed by atoms with Crippen molar-refractivity contribution in [3.63, 3.8) is 0 Å². The van der Waals surface area contributed by atoms with Crippen molar-refractivity contribution in [2.75, 3.05) is 20.1 Å². The van der Waals surface area contributed by atoms with Gasteiger partial charge in [0.25, 0.3) is 0 Å². The van der Waals surface area contributed by atoms with Crippen LogP contribution in [0.2, 0.25) is 0 Å². The highest BCUT2D eigenvalue weighted by molar-refractivity contribution is 5.96. The molecule has 1 saturated heterocycles. The lowest BCUT2D eigenvalue weighted by Crippen LogP contribution is -2.48. The fraction of sp³-hybridized carbons (Fsp3) is 0.778. The van der Waals surface area contributed by atoms with Crippen molar-refractivity contribution >= 4 is 24.3 Å². The van der Waals surface area contributed by atoms with E-state index in [1.54, 1.807) is 6.92 Å². The molecule has 0 aromatic carbocycles. The van der Waals surface area contributed by atoms with Crippen LogP contribution in [0, 0.1) is 0 Å². The number of carbonyl (C=O) groups is 2. The van der Waals surface area contributed by atoms with Crippen LogP contribution in [0.4, 0.5) is 4.79 Å². The van der Waals surface area contributed by atoms with Crippen molar-refractivity contribution < 1.29 is 9.59 Å². The van der Waals surface area contributed by atoms with E-state index in [4.69, 9.17) is 5.73 Å². The average Bonchev–Trinajstić information content (AvgIpc) is 2.63. The van der Waals surface area contributed by atoms with Gasteiger partial charge in [0.15, 0.2) is 0 Å². The first-order chi connectivity index (χ1) is 7.04. The second kappa shape index (κ2) is 6.67. The molecule has 0 radical (unpaired) electrons. The summed E-state index contributed by atoms with van der Waals surface area (Å²) in [7, 11) is 1.47. The van der Waals surface area contributed by atoms with E-state index in [1.807, 2.05) is 4.90 Å². The van der Waals surface area contributed by atoms with Crippen LogP contribution < -0.4 is 16.4 Å². The molecule has 0 bridgehead atoms. The van der Waals surface area contributed by atoms with Gasteiger partial charge in [-0.3, -0.25) is 15.0 Å². The van der Waals surface area contributed by atoms with Gasteiger partial charge >= 0.3 is 6.03 Å². The number of hydrogen-bond donors (Lipinski definition) is 3. The Morgan fingerprint density at radius 2 is 2.12 bits per heavy atom. The number of carbonyl (C=O) groups excluding carboxylic acids is 2. The zero-order chi connectivity index (χ0) is 11.4. The monoisotopic (exact) mass is 250 g/mol. The van der Waals surface area contributed by atoms with Crippen molar-refractivity contribution in [1.29, 1.82) is 0 Å². The van der Waals surface area contributed by atoms with Crippen molar-refractivity contribution in [1.82, 2.24) is 15.5 Å². The lowest BCUT2D eigenvalue weighted by atomic mass is 10.3. The summed E-state index contributed by atoms with van der Waals surface area (Å²) in [6, 6.07) is -0.647. The van der Waals surface area contributed by atoms with E-state index in [1.165, 1.54) is 7.05 Å². The molecular formula is C9H19ClN4O2. The standard InChI is InChI=1S/C9H18N4O2.ClH/c1-6(8(14)12-9(15)11-2)13-4-3-7(10)5-13;/h6-7H,3-5,10H2,1-2H3,(H2,11,12,14,15);1H/t6?,7-;/m1./s1. The Morgan fingerprint density at radius 1 is 1.50 bits per heavy atom. The maximum Gasteiger partial charge on any atom is 0.321 e. The zero-order valence-corrected chi connectivity index (χ0v) is 10.3. The molecule has 1 rings (SSSR count). The molecule has 0 aliphatic carbocycles. The number of halogens is 1. The third kappa shape index (κ3) is 3.96. The Labute approximate surface area is 101 Å². The summed E-state index contributed by atoms with van der Waals surface area (Å²) in [4.78, 5) is 24.4. The Kier molecular flexibility index (Phi) is 6.32. The van der Waals surface area contributed by atoms with Gasteiger partial charge in [0.2, 0.25) is 5.91 Å². The molecule has 6 nitrogen and oxygen atoms in total. The minimum Gasteiger partial charge on any atom is -0.341 e. The third-order valence-electron chi connectivity index (χ3n) is 2.65. The van der Waals surface area contributed by atoms with Crippen LogP contribution in [0.5, 0.6) is 0 Å². The van der Waals surface area contributed by atoms with Gasteiger partial charge in [-0.15, -0.1) is 12.4 Å². The number of nitrogens with two attached hydrogens (primary N) is 1. The molecule has 0 aromatic heterocycles. The van der Waals surface area contributed by atoms with Gasteiger partial charge < -0.3 is 11.1 Å². The Morgan fingerprint density at radius 3 is 2.56 bits per heavy atom. The maximum atomic E-state index is 11.6. The normalized spacial score (nSPS) is 22.1. The minimum absolute atomic E-state index is 0. The fourth-order valence-corrected chi connectivity index (χ4v) is 1.61. The molecule has 1 aliphatic heterocycles. The highest BCUT2D eigenvalue weighted by atomic mass is 35.5. The third-order valence-corrected chi connectivity index (χ3v) is 2.65. The molecule has 1 fully saturated rings. The van der Waals surface area contributed by atoms with Gasteiger partial charge in [-0.1, -0.05) is 0 Å². The van der Waals surface area contributed by atoms with Crippen LogP contribution in [0.3, 0.4) is 0 Å². The van der Waals surface area contributed by atoms with Crippen LogP contribution in [0.25, 0.3) is 0 Å². The fourth-order valence-electron chi connectivity index (χ4n) is 1.61. The number of nitrogens with one attached hydrogen (secondary N) is 2. The summed E-state index contributed by atoms with van der Waals surface area (Å²) < 4.78 is 0. The number of likely N-dealkylation sites (tertiary alicyclic amines) is 1. The van der Waals surface area contributed by atoms with E-state index in [0.29, 0.717) is 6.54 Å². The van der Waals surface area contributed by atoms with Gasteiger partial charge in [-0.05, 0) is 13.3 Å². The van der Waals surface area contributed by atoms with Gasteiger partial charge in [-0.2, -0.15) is 0 Å². The first kappa shape index (κ1) is 15.2. The zero-order valence-electron chi connectivity index (χ0n) is 9.53. The number of rotatable bonds is 2. The molecule has 94 valence electrons. The first-order valence-electron chi connectivity index (χ1n) is 5.06. The average molecular weight is 251 g/mol. The van der Waals surface area contributed by atoms with Crippen molar-refractivity contribution in [2.45, 2.75) is 25.4 Å². The lowest BCUT2D eigenvalue weighted by molar-refractivity contribution is -0.124. The minimum atomic E-state index is -0.477. The van der Waals surface area contributed by atoms with E-state index in [0.717, 1.165) is 13.0 Å². The Balaban J connectivity index is 0.00000225. The van der Waals surface area contributed by atoms with E-state index in [-0.39, 0.29) is 30.4 Å². The molecule has 4 N–H and O–H groups in total. The molecule has 3 amide bonds. The van der Waals surface area contributed by atoms with Gasteiger partial charge in [0.1, 0.15) is 0 Å². The van der Waals surface area contributed by atoms with Crippen molar-refractivity contribution in [2.24, 2.45) is 5.73 Å². The van der Waals surface area contributed by atoms with Crippen molar-refractivity contribution in [3.8, 4) is 0 Å². The highest BCUT2D eigenvalue weighted by Crippen LogP contribution is 2.10. The number of hydrogen-bond acceptors (Lipinski definition) is 4. The smallest absolute Gasteiger partial charge is 0.321 e. The number of urea groups is 1. The molecule has 2 atom stereocenters. The summed E-state index contributed by atoms with van der Waals surface area (Å²) in [5.41, 5.74) is 5.74. The van der Waals surface area contributed by atoms with E-state index < -0.39 is 6.03 Å². The number of nitrogens with zero attached hydrogens (tertiary/aromatic N) is 1. The summed E-state index contributed by atoms with van der Waals surface area (Å²) in [6.45, 7) is 3.29. The van der Waals surface area contributed by atoms with Crippen LogP contribution in [-0.4, -0.2) is 49.1 Å². The number of amides is 3. The van der Waals surface area contributed by atoms with Gasteiger partial charge in [0.05, 0.1) is 6.04 Å². The molecule has 1 aliphatic rings. The molecule has 7 heteroatoms. The van der Waals surface area contributed by atoms with Crippen LogP contribution in [0.1, 0.15) is 13.3 Å². The summed E-state index contributed by atoms with van der Waals surface area (Å²) >= 11 is 0. The Hall–Kier alpha value is -0.850. The molecule has 0 aromatic rings. The second-order valence-electron chi connectivity index (χ2n) is 3.79. The van der Waals surface area contributed by atoms with Crippen LogP contribution >= 0.6 is 12.4 Å². The lowest BCUT2D eigenvalue weighted by Gasteiger charge is -2.22. The molecule has 0 saturated carbocycles. The largest absolute Gasteiger partial charge is 0.341 e. The highest BCUT2D eigenvalue weighted by Gasteiger charge is 2.28. The molecule has 1 unspecified atom stereocenters. The predicted octanol–water partition coefficient (Wildman–Crippen LogP) is -0.715. The molecule has 0 spiro atoms. The number of imide groups is 1. The van der Waals surface area contributed by atoms with E-state index in [2.05, 4.69) is 10.6 Å². The second-order valence-corrected chi connectivity index (χ2v) is 3.79. The summed E-state index contributed by atoms with van der Waals surface area (Å²) in [5.74, 6) is -0.288. The summed E-state index contributed by atoms with van der Waals surface area (Å²) in [5, 5.41) is 4.59. The van der Waals surface area contributed by atoms with E-state index >= 15 is 0 Å². The quantitative estimate of drug-likeness (QED) is 0.604. The first-order valence-corrected chi connectivity index (χ1v) is 5.06. The molecule has 1 heterocycles. The van der Waals surface area contributed by atoms with E-state index in [9.17, 15) is 9.59 Å². The van der Waals surface area contributed by atoms with Gasteiger partial charge in [0, 0.05) is 26.2 Å². The SMILES string of the molecule is CNC(=O)NC(=O)C(C)N1CC[C@@H](N)C1.Cl. The Bertz CT molecular complexity index is 262.